The van der Waals surface area contributed by atoms with Crippen LogP contribution >= 0.6 is 0 Å². The van der Waals surface area contributed by atoms with Crippen LogP contribution < -0.4 is 20.1 Å². The van der Waals surface area contributed by atoms with Gasteiger partial charge in [0.1, 0.15) is 17.0 Å². The molecule has 0 bridgehead atoms. The van der Waals surface area contributed by atoms with Crippen LogP contribution in [0.5, 0.6) is 11.5 Å². The van der Waals surface area contributed by atoms with Gasteiger partial charge in [0, 0.05) is 24.4 Å². The molecule has 0 radical (unpaired) electrons. The monoisotopic (exact) mass is 411 g/mol. The van der Waals surface area contributed by atoms with Crippen molar-refractivity contribution >= 4 is 22.8 Å². The molecule has 0 aliphatic heterocycles. The minimum atomic E-state index is -0.496. The van der Waals surface area contributed by atoms with E-state index in [0.717, 1.165) is 35.4 Å². The normalized spacial score (nSPS) is 13.0. The van der Waals surface area contributed by atoms with E-state index >= 15 is 0 Å². The van der Waals surface area contributed by atoms with E-state index in [1.807, 2.05) is 37.3 Å². The molecule has 0 aliphatic rings. The van der Waals surface area contributed by atoms with Crippen molar-refractivity contribution in [1.29, 1.82) is 0 Å². The maximum atomic E-state index is 9.91. The number of fused-ring (bicyclic) bond motifs is 1. The topological polar surface area (TPSA) is 101 Å². The third kappa shape index (κ3) is 4.88. The summed E-state index contributed by atoms with van der Waals surface area (Å²) in [5, 5.41) is 16.6. The molecular formula is C22H29N5O3. The lowest BCUT2D eigenvalue weighted by molar-refractivity contribution is 0.213. The standard InChI is InChI=1S/C22H29N5O3/c1-5-10-22(2,14-28)27-20-19-17(7-6-11-23-19)25-21(26-20)24-13-15-8-9-16(29-3)12-18(15)30-4/h6-9,11-12,28H,5,10,13-14H2,1-4H3,(H2,24,25,26,27). The van der Waals surface area contributed by atoms with Crippen molar-refractivity contribution in [1.82, 2.24) is 15.0 Å². The van der Waals surface area contributed by atoms with Crippen molar-refractivity contribution in [2.45, 2.75) is 38.8 Å². The summed E-state index contributed by atoms with van der Waals surface area (Å²) in [4.78, 5) is 13.7. The summed E-state index contributed by atoms with van der Waals surface area (Å²) >= 11 is 0. The molecule has 1 aromatic carbocycles. The van der Waals surface area contributed by atoms with E-state index in [0.29, 0.717) is 23.8 Å². The third-order valence-electron chi connectivity index (χ3n) is 4.96. The fraction of sp³-hybridized carbons (Fsp3) is 0.409. The van der Waals surface area contributed by atoms with E-state index in [1.165, 1.54) is 0 Å². The van der Waals surface area contributed by atoms with Crippen LogP contribution in [0, 0.1) is 0 Å². The molecule has 0 saturated carbocycles. The van der Waals surface area contributed by atoms with Crippen molar-refractivity contribution in [3.8, 4) is 11.5 Å². The summed E-state index contributed by atoms with van der Waals surface area (Å²) in [6.07, 6.45) is 3.44. The van der Waals surface area contributed by atoms with Gasteiger partial charge in [0.25, 0.3) is 0 Å². The highest BCUT2D eigenvalue weighted by Gasteiger charge is 2.24. The molecule has 8 nitrogen and oxygen atoms in total. The second-order valence-electron chi connectivity index (χ2n) is 7.39. The second kappa shape index (κ2) is 9.58. The number of aromatic nitrogens is 3. The number of methoxy groups -OCH3 is 2. The lowest BCUT2D eigenvalue weighted by Crippen LogP contribution is -2.39. The van der Waals surface area contributed by atoms with Gasteiger partial charge in [-0.1, -0.05) is 13.3 Å². The fourth-order valence-corrected chi connectivity index (χ4v) is 3.32. The van der Waals surface area contributed by atoms with Crippen molar-refractivity contribution in [3.05, 3.63) is 42.1 Å². The molecule has 2 heterocycles. The first-order chi connectivity index (χ1) is 14.5. The molecule has 8 heteroatoms. The highest BCUT2D eigenvalue weighted by atomic mass is 16.5. The van der Waals surface area contributed by atoms with Crippen molar-refractivity contribution in [2.75, 3.05) is 31.5 Å². The van der Waals surface area contributed by atoms with Crippen molar-refractivity contribution in [2.24, 2.45) is 0 Å². The highest BCUT2D eigenvalue weighted by Crippen LogP contribution is 2.27. The maximum absolute atomic E-state index is 9.91. The summed E-state index contributed by atoms with van der Waals surface area (Å²) in [6, 6.07) is 9.40. The Morgan fingerprint density at radius 1 is 1.13 bits per heavy atom. The number of hydrogen-bond acceptors (Lipinski definition) is 8. The van der Waals surface area contributed by atoms with E-state index in [9.17, 15) is 5.11 Å². The molecule has 0 amide bonds. The van der Waals surface area contributed by atoms with Crippen molar-refractivity contribution < 1.29 is 14.6 Å². The molecule has 3 N–H and O–H groups in total. The number of pyridine rings is 1. The first kappa shape index (κ1) is 21.6. The number of nitrogens with zero attached hydrogens (tertiary/aromatic N) is 3. The van der Waals surface area contributed by atoms with Gasteiger partial charge in [-0.3, -0.25) is 4.98 Å². The first-order valence-corrected chi connectivity index (χ1v) is 9.98. The predicted molar refractivity (Wildman–Crippen MR) is 118 cm³/mol. The minimum absolute atomic E-state index is 0.00895. The number of benzene rings is 1. The molecule has 0 fully saturated rings. The number of hydrogen-bond donors (Lipinski definition) is 3. The van der Waals surface area contributed by atoms with Gasteiger partial charge >= 0.3 is 0 Å². The minimum Gasteiger partial charge on any atom is -0.497 e. The summed E-state index contributed by atoms with van der Waals surface area (Å²) in [6.45, 7) is 4.53. The Kier molecular flexibility index (Phi) is 6.89. The van der Waals surface area contributed by atoms with Crippen molar-refractivity contribution in [3.63, 3.8) is 0 Å². The Bertz CT molecular complexity index is 998. The smallest absolute Gasteiger partial charge is 0.225 e. The molecule has 0 saturated heterocycles. The number of aliphatic hydroxyl groups is 1. The fourth-order valence-electron chi connectivity index (χ4n) is 3.32. The molecule has 1 atom stereocenters. The Morgan fingerprint density at radius 3 is 2.67 bits per heavy atom. The summed E-state index contributed by atoms with van der Waals surface area (Å²) < 4.78 is 10.7. The predicted octanol–water partition coefficient (Wildman–Crippen LogP) is 3.62. The maximum Gasteiger partial charge on any atom is 0.225 e. The lowest BCUT2D eigenvalue weighted by Gasteiger charge is -2.29. The number of aliphatic hydroxyl groups excluding tert-OH is 1. The number of nitrogens with one attached hydrogen (secondary N) is 2. The van der Waals surface area contributed by atoms with Gasteiger partial charge in [0.2, 0.25) is 5.95 Å². The van der Waals surface area contributed by atoms with Gasteiger partial charge in [0.15, 0.2) is 5.82 Å². The zero-order valence-corrected chi connectivity index (χ0v) is 17.9. The summed E-state index contributed by atoms with van der Waals surface area (Å²) in [5.74, 6) is 2.51. The molecular weight excluding hydrogens is 382 g/mol. The largest absolute Gasteiger partial charge is 0.497 e. The van der Waals surface area contributed by atoms with Gasteiger partial charge in [-0.05, 0) is 37.6 Å². The Morgan fingerprint density at radius 2 is 1.97 bits per heavy atom. The van der Waals surface area contributed by atoms with E-state index in [4.69, 9.17) is 9.47 Å². The Balaban J connectivity index is 1.90. The molecule has 3 rings (SSSR count). The zero-order chi connectivity index (χ0) is 21.6. The van der Waals surface area contributed by atoms with Crippen LogP contribution in [0.2, 0.25) is 0 Å². The summed E-state index contributed by atoms with van der Waals surface area (Å²) in [5.41, 5.74) is 1.84. The van der Waals surface area contributed by atoms with E-state index in [2.05, 4.69) is 32.5 Å². The molecule has 160 valence electrons. The SMILES string of the molecule is CCCC(C)(CO)Nc1nc(NCc2ccc(OC)cc2OC)nc2cccnc12. The molecule has 0 aliphatic carbocycles. The lowest BCUT2D eigenvalue weighted by atomic mass is 9.97. The number of rotatable bonds is 10. The van der Waals surface area contributed by atoms with Gasteiger partial charge in [-0.2, -0.15) is 4.98 Å². The van der Waals surface area contributed by atoms with Crippen LogP contribution in [-0.2, 0) is 6.54 Å². The first-order valence-electron chi connectivity index (χ1n) is 9.98. The Hall–Kier alpha value is -3.13. The number of ether oxygens (including phenoxy) is 2. The van der Waals surface area contributed by atoms with Crippen LogP contribution in [0.4, 0.5) is 11.8 Å². The molecule has 2 aromatic heterocycles. The summed E-state index contributed by atoms with van der Waals surface area (Å²) in [7, 11) is 3.25. The highest BCUT2D eigenvalue weighted by molar-refractivity contribution is 5.86. The molecule has 1 unspecified atom stereocenters. The van der Waals surface area contributed by atoms with Gasteiger partial charge in [-0.15, -0.1) is 0 Å². The van der Waals surface area contributed by atoms with E-state index in [-0.39, 0.29) is 6.61 Å². The average Bonchev–Trinajstić information content (AvgIpc) is 2.77. The van der Waals surface area contributed by atoms with Crippen LogP contribution in [0.3, 0.4) is 0 Å². The van der Waals surface area contributed by atoms with Crippen LogP contribution in [-0.4, -0.2) is 46.4 Å². The van der Waals surface area contributed by atoms with Gasteiger partial charge in [-0.25, -0.2) is 4.98 Å². The number of anilines is 2. The van der Waals surface area contributed by atoms with Crippen LogP contribution in [0.1, 0.15) is 32.3 Å². The molecule has 30 heavy (non-hydrogen) atoms. The average molecular weight is 412 g/mol. The second-order valence-corrected chi connectivity index (χ2v) is 7.39. The quantitative estimate of drug-likeness (QED) is 0.465. The van der Waals surface area contributed by atoms with E-state index < -0.39 is 5.54 Å². The van der Waals surface area contributed by atoms with Crippen LogP contribution in [0.15, 0.2) is 36.5 Å². The Labute approximate surface area is 176 Å². The van der Waals surface area contributed by atoms with E-state index in [1.54, 1.807) is 20.4 Å². The van der Waals surface area contributed by atoms with Crippen LogP contribution in [0.25, 0.3) is 11.0 Å². The van der Waals surface area contributed by atoms with Gasteiger partial charge < -0.3 is 25.2 Å². The zero-order valence-electron chi connectivity index (χ0n) is 17.9. The molecule has 0 spiro atoms. The van der Waals surface area contributed by atoms with Gasteiger partial charge in [0.05, 0.1) is 31.9 Å². The molecule has 3 aromatic rings. The third-order valence-corrected chi connectivity index (χ3v) is 4.96.